The van der Waals surface area contributed by atoms with Gasteiger partial charge in [-0.1, -0.05) is 12.1 Å². The lowest BCUT2D eigenvalue weighted by Crippen LogP contribution is -2.02. The second kappa shape index (κ2) is 4.55. The van der Waals surface area contributed by atoms with E-state index in [0.717, 1.165) is 17.5 Å². The fourth-order valence-electron chi connectivity index (χ4n) is 1.95. The molecule has 0 bridgehead atoms. The summed E-state index contributed by atoms with van der Waals surface area (Å²) in [6, 6.07) is 8.90. The van der Waals surface area contributed by atoms with Crippen LogP contribution in [-0.4, -0.2) is 7.05 Å². The number of hydrogen-bond acceptors (Lipinski definition) is 3. The van der Waals surface area contributed by atoms with Gasteiger partial charge in [0, 0.05) is 27.8 Å². The Morgan fingerprint density at radius 1 is 1.33 bits per heavy atom. The molecule has 3 aromatic rings. The van der Waals surface area contributed by atoms with Crippen LogP contribution in [-0.2, 0) is 6.54 Å². The molecule has 0 aliphatic heterocycles. The van der Waals surface area contributed by atoms with E-state index in [4.69, 9.17) is 4.42 Å². The highest BCUT2D eigenvalue weighted by Crippen LogP contribution is 2.31. The molecule has 0 unspecified atom stereocenters. The number of para-hydroxylation sites is 1. The summed E-state index contributed by atoms with van der Waals surface area (Å²) in [5, 5.41) is 5.93. The third kappa shape index (κ3) is 1.94. The maximum Gasteiger partial charge on any atom is 0.170 e. The van der Waals surface area contributed by atoms with Crippen LogP contribution in [0.25, 0.3) is 22.3 Å². The summed E-state index contributed by atoms with van der Waals surface area (Å²) in [6.45, 7) is 0.833. The number of nitrogens with one attached hydrogen (secondary N) is 1. The summed E-state index contributed by atoms with van der Waals surface area (Å²) in [5.41, 5.74) is 1.33. The van der Waals surface area contributed by atoms with Crippen molar-refractivity contribution in [2.24, 2.45) is 0 Å². The van der Waals surface area contributed by atoms with Gasteiger partial charge in [-0.2, -0.15) is 0 Å². The van der Waals surface area contributed by atoms with Crippen LogP contribution in [0.15, 0.2) is 40.1 Å². The molecule has 18 heavy (non-hydrogen) atoms. The van der Waals surface area contributed by atoms with Crippen molar-refractivity contribution in [3.63, 3.8) is 0 Å². The standard InChI is InChI=1S/C14H12FNOS/c1-16-7-11-5-10(8-18-11)13-6-9-3-2-4-12(15)14(9)17-13/h2-6,8,16H,7H2,1H3. The van der Waals surface area contributed by atoms with Gasteiger partial charge in [0.25, 0.3) is 0 Å². The summed E-state index contributed by atoms with van der Waals surface area (Å²) in [4.78, 5) is 1.23. The first-order valence-corrected chi connectivity index (χ1v) is 6.56. The van der Waals surface area contributed by atoms with Gasteiger partial charge in [0.15, 0.2) is 11.4 Å². The maximum atomic E-state index is 13.5. The van der Waals surface area contributed by atoms with Gasteiger partial charge in [-0.25, -0.2) is 4.39 Å². The van der Waals surface area contributed by atoms with Gasteiger partial charge in [-0.3, -0.25) is 0 Å². The van der Waals surface area contributed by atoms with Crippen molar-refractivity contribution in [1.82, 2.24) is 5.32 Å². The topological polar surface area (TPSA) is 25.2 Å². The molecule has 0 radical (unpaired) electrons. The largest absolute Gasteiger partial charge is 0.453 e. The second-order valence-corrected chi connectivity index (χ2v) is 5.10. The molecule has 0 amide bonds. The Hall–Kier alpha value is -1.65. The number of thiophene rings is 1. The molecule has 92 valence electrons. The number of hydrogen-bond donors (Lipinski definition) is 1. The van der Waals surface area contributed by atoms with Gasteiger partial charge in [-0.05, 0) is 25.2 Å². The predicted octanol–water partition coefficient (Wildman–Crippen LogP) is 4.02. The zero-order valence-corrected chi connectivity index (χ0v) is 10.7. The second-order valence-electron chi connectivity index (χ2n) is 4.10. The first-order chi connectivity index (χ1) is 8.78. The van der Waals surface area contributed by atoms with E-state index in [1.54, 1.807) is 17.4 Å². The molecule has 0 saturated heterocycles. The minimum Gasteiger partial charge on any atom is -0.453 e. The molecule has 4 heteroatoms. The van der Waals surface area contributed by atoms with Crippen molar-refractivity contribution in [2.45, 2.75) is 6.54 Å². The van der Waals surface area contributed by atoms with Crippen LogP contribution in [0.1, 0.15) is 4.88 Å². The summed E-state index contributed by atoms with van der Waals surface area (Å²) in [6.07, 6.45) is 0. The van der Waals surface area contributed by atoms with Crippen LogP contribution in [0.3, 0.4) is 0 Å². The first kappa shape index (κ1) is 11.4. The Kier molecular flexibility index (Phi) is 2.89. The first-order valence-electron chi connectivity index (χ1n) is 5.68. The summed E-state index contributed by atoms with van der Waals surface area (Å²) in [7, 11) is 1.91. The Balaban J connectivity index is 2.05. The Morgan fingerprint density at radius 3 is 3.00 bits per heavy atom. The maximum absolute atomic E-state index is 13.5. The van der Waals surface area contributed by atoms with Gasteiger partial charge in [-0.15, -0.1) is 11.3 Å². The Morgan fingerprint density at radius 2 is 2.22 bits per heavy atom. The number of benzene rings is 1. The van der Waals surface area contributed by atoms with Gasteiger partial charge in [0.05, 0.1) is 0 Å². The smallest absolute Gasteiger partial charge is 0.170 e. The highest BCUT2D eigenvalue weighted by Gasteiger charge is 2.10. The lowest BCUT2D eigenvalue weighted by atomic mass is 10.2. The molecule has 0 aliphatic carbocycles. The molecule has 0 saturated carbocycles. The number of halogens is 1. The van der Waals surface area contributed by atoms with E-state index in [0.29, 0.717) is 11.3 Å². The average Bonchev–Trinajstić information content (AvgIpc) is 2.96. The van der Waals surface area contributed by atoms with E-state index in [1.807, 2.05) is 24.6 Å². The molecule has 2 heterocycles. The van der Waals surface area contributed by atoms with Crippen molar-refractivity contribution in [3.8, 4) is 11.3 Å². The fraction of sp³-hybridized carbons (Fsp3) is 0.143. The molecule has 1 aromatic carbocycles. The molecular formula is C14H12FNOS. The van der Waals surface area contributed by atoms with E-state index < -0.39 is 0 Å². The minimum absolute atomic E-state index is 0.315. The minimum atomic E-state index is -0.315. The molecule has 0 spiro atoms. The van der Waals surface area contributed by atoms with E-state index in [-0.39, 0.29) is 5.82 Å². The normalized spacial score (nSPS) is 11.2. The molecule has 0 fully saturated rings. The molecular weight excluding hydrogens is 249 g/mol. The molecule has 1 N–H and O–H groups in total. The van der Waals surface area contributed by atoms with E-state index in [1.165, 1.54) is 10.9 Å². The van der Waals surface area contributed by atoms with Crippen molar-refractivity contribution in [3.05, 3.63) is 46.4 Å². The highest BCUT2D eigenvalue weighted by atomic mass is 32.1. The average molecular weight is 261 g/mol. The Bertz CT molecular complexity index is 686. The zero-order valence-electron chi connectivity index (χ0n) is 9.87. The predicted molar refractivity (Wildman–Crippen MR) is 72.2 cm³/mol. The van der Waals surface area contributed by atoms with Crippen LogP contribution >= 0.6 is 11.3 Å². The van der Waals surface area contributed by atoms with Crippen molar-refractivity contribution < 1.29 is 8.81 Å². The monoisotopic (exact) mass is 261 g/mol. The van der Waals surface area contributed by atoms with Gasteiger partial charge in [0.1, 0.15) is 5.76 Å². The van der Waals surface area contributed by atoms with E-state index in [9.17, 15) is 4.39 Å². The number of furan rings is 1. The third-order valence-corrected chi connectivity index (χ3v) is 3.72. The summed E-state index contributed by atoms with van der Waals surface area (Å²) >= 11 is 1.67. The van der Waals surface area contributed by atoms with Crippen LogP contribution in [0, 0.1) is 5.82 Å². The quantitative estimate of drug-likeness (QED) is 0.770. The van der Waals surface area contributed by atoms with Crippen molar-refractivity contribution >= 4 is 22.3 Å². The van der Waals surface area contributed by atoms with Crippen LogP contribution in [0.4, 0.5) is 4.39 Å². The van der Waals surface area contributed by atoms with E-state index >= 15 is 0 Å². The van der Waals surface area contributed by atoms with Gasteiger partial charge in [0.2, 0.25) is 0 Å². The van der Waals surface area contributed by atoms with Gasteiger partial charge >= 0.3 is 0 Å². The fourth-order valence-corrected chi connectivity index (χ4v) is 2.83. The number of fused-ring (bicyclic) bond motifs is 1. The molecule has 3 rings (SSSR count). The number of rotatable bonds is 3. The van der Waals surface area contributed by atoms with Gasteiger partial charge < -0.3 is 9.73 Å². The van der Waals surface area contributed by atoms with Crippen molar-refractivity contribution in [1.29, 1.82) is 0 Å². The molecule has 2 nitrogen and oxygen atoms in total. The third-order valence-electron chi connectivity index (χ3n) is 2.79. The van der Waals surface area contributed by atoms with E-state index in [2.05, 4.69) is 11.4 Å². The zero-order chi connectivity index (χ0) is 12.5. The molecule has 0 aliphatic rings. The lowest BCUT2D eigenvalue weighted by molar-refractivity contribution is 0.569. The summed E-state index contributed by atoms with van der Waals surface area (Å²) < 4.78 is 19.1. The van der Waals surface area contributed by atoms with Crippen LogP contribution < -0.4 is 5.32 Å². The SMILES string of the molecule is CNCc1cc(-c2cc3cccc(F)c3o2)cs1. The van der Waals surface area contributed by atoms with Crippen molar-refractivity contribution in [2.75, 3.05) is 7.05 Å². The highest BCUT2D eigenvalue weighted by molar-refractivity contribution is 7.10. The van der Waals surface area contributed by atoms with Crippen LogP contribution in [0.5, 0.6) is 0 Å². The molecule has 2 aromatic heterocycles. The molecule has 0 atom stereocenters. The summed E-state index contributed by atoms with van der Waals surface area (Å²) in [5.74, 6) is 0.401. The lowest BCUT2D eigenvalue weighted by Gasteiger charge is -1.92. The Labute approximate surface area is 108 Å². The van der Waals surface area contributed by atoms with Crippen LogP contribution in [0.2, 0.25) is 0 Å².